The van der Waals surface area contributed by atoms with Gasteiger partial charge in [0.1, 0.15) is 5.52 Å². The maximum Gasteiger partial charge on any atom is 0.224 e. The molecule has 6 heteroatoms. The van der Waals surface area contributed by atoms with Crippen molar-refractivity contribution in [3.8, 4) is 0 Å². The van der Waals surface area contributed by atoms with Crippen LogP contribution in [0.3, 0.4) is 0 Å². The highest BCUT2D eigenvalue weighted by Crippen LogP contribution is 2.33. The molecule has 1 saturated carbocycles. The Morgan fingerprint density at radius 3 is 3.00 bits per heavy atom. The van der Waals surface area contributed by atoms with Crippen molar-refractivity contribution >= 4 is 22.9 Å². The van der Waals surface area contributed by atoms with Crippen LogP contribution < -0.4 is 10.6 Å². The lowest BCUT2D eigenvalue weighted by molar-refractivity contribution is 0.753. The predicted octanol–water partition coefficient (Wildman–Crippen LogP) is 1.31. The number of nitrogen functional groups attached to an aromatic ring is 1. The van der Waals surface area contributed by atoms with Crippen molar-refractivity contribution in [1.82, 2.24) is 19.9 Å². The van der Waals surface area contributed by atoms with Crippen molar-refractivity contribution in [3.63, 3.8) is 0 Å². The Bertz CT molecular complexity index is 530. The molecule has 0 radical (unpaired) electrons. The maximum atomic E-state index is 5.74. The molecule has 0 amide bonds. The standard InChI is InChI=1S/C11H16N6/c1-2-5-17(7-3-4-7)10-8-9(14-6-13-8)15-11(12)16-10/h6-7H,2-5H2,1H3,(H3,12,13,14,15,16). The second kappa shape index (κ2) is 3.87. The summed E-state index contributed by atoms with van der Waals surface area (Å²) in [6.07, 6.45) is 5.20. The molecule has 2 aromatic heterocycles. The Kier molecular flexibility index (Phi) is 2.35. The van der Waals surface area contributed by atoms with E-state index in [-0.39, 0.29) is 0 Å². The van der Waals surface area contributed by atoms with E-state index >= 15 is 0 Å². The third-order valence-corrected chi connectivity index (χ3v) is 3.01. The number of imidazole rings is 1. The summed E-state index contributed by atoms with van der Waals surface area (Å²) in [5, 5.41) is 0. The molecule has 0 aliphatic heterocycles. The zero-order valence-corrected chi connectivity index (χ0v) is 9.85. The van der Waals surface area contributed by atoms with Crippen LogP contribution in [-0.4, -0.2) is 32.5 Å². The molecule has 1 aliphatic carbocycles. The number of fused-ring (bicyclic) bond motifs is 1. The monoisotopic (exact) mass is 232 g/mol. The average molecular weight is 232 g/mol. The quantitative estimate of drug-likeness (QED) is 0.830. The predicted molar refractivity (Wildman–Crippen MR) is 66.8 cm³/mol. The smallest absolute Gasteiger partial charge is 0.224 e. The number of hydrogen-bond donors (Lipinski definition) is 2. The number of nitrogens with one attached hydrogen (secondary N) is 1. The average Bonchev–Trinajstić information content (AvgIpc) is 3.04. The molecule has 0 spiro atoms. The molecule has 90 valence electrons. The first-order valence-electron chi connectivity index (χ1n) is 6.03. The minimum absolute atomic E-state index is 0.293. The Labute approximate surface area is 99.3 Å². The summed E-state index contributed by atoms with van der Waals surface area (Å²) in [4.78, 5) is 18.1. The minimum atomic E-state index is 0.293. The molecule has 6 nitrogen and oxygen atoms in total. The normalized spacial score (nSPS) is 15.4. The molecule has 0 saturated heterocycles. The van der Waals surface area contributed by atoms with E-state index in [4.69, 9.17) is 5.73 Å². The van der Waals surface area contributed by atoms with Gasteiger partial charge in [0.25, 0.3) is 0 Å². The molecule has 2 heterocycles. The van der Waals surface area contributed by atoms with Gasteiger partial charge in [0.15, 0.2) is 11.5 Å². The summed E-state index contributed by atoms with van der Waals surface area (Å²) >= 11 is 0. The first-order chi connectivity index (χ1) is 8.29. The van der Waals surface area contributed by atoms with Gasteiger partial charge in [0, 0.05) is 12.6 Å². The fraction of sp³-hybridized carbons (Fsp3) is 0.545. The number of nitrogens with zero attached hydrogens (tertiary/aromatic N) is 4. The topological polar surface area (TPSA) is 83.7 Å². The molecule has 0 atom stereocenters. The number of H-pyrrole nitrogens is 1. The van der Waals surface area contributed by atoms with Crippen LogP contribution in [0.25, 0.3) is 11.2 Å². The third kappa shape index (κ3) is 1.79. The summed E-state index contributed by atoms with van der Waals surface area (Å²) in [5.41, 5.74) is 7.27. The van der Waals surface area contributed by atoms with Gasteiger partial charge >= 0.3 is 0 Å². The van der Waals surface area contributed by atoms with Gasteiger partial charge in [-0.2, -0.15) is 9.97 Å². The van der Waals surface area contributed by atoms with Gasteiger partial charge in [-0.15, -0.1) is 0 Å². The Morgan fingerprint density at radius 1 is 1.47 bits per heavy atom. The van der Waals surface area contributed by atoms with Crippen molar-refractivity contribution < 1.29 is 0 Å². The molecule has 1 fully saturated rings. The van der Waals surface area contributed by atoms with Gasteiger partial charge in [0.05, 0.1) is 6.33 Å². The zero-order valence-electron chi connectivity index (χ0n) is 9.85. The van der Waals surface area contributed by atoms with Crippen LogP contribution in [0, 0.1) is 0 Å². The molecule has 17 heavy (non-hydrogen) atoms. The number of anilines is 2. The zero-order chi connectivity index (χ0) is 11.8. The van der Waals surface area contributed by atoms with Gasteiger partial charge in [0.2, 0.25) is 5.95 Å². The van der Waals surface area contributed by atoms with E-state index in [9.17, 15) is 0 Å². The van der Waals surface area contributed by atoms with E-state index in [1.807, 2.05) is 0 Å². The number of rotatable bonds is 4. The second-order valence-corrected chi connectivity index (χ2v) is 4.43. The van der Waals surface area contributed by atoms with Crippen LogP contribution >= 0.6 is 0 Å². The second-order valence-electron chi connectivity index (χ2n) is 4.43. The molecule has 3 N–H and O–H groups in total. The van der Waals surface area contributed by atoms with E-state index in [0.717, 1.165) is 24.3 Å². The van der Waals surface area contributed by atoms with E-state index in [2.05, 4.69) is 31.8 Å². The fourth-order valence-electron chi connectivity index (χ4n) is 2.13. The lowest BCUT2D eigenvalue weighted by atomic mass is 10.3. The number of hydrogen-bond acceptors (Lipinski definition) is 5. The van der Waals surface area contributed by atoms with E-state index in [1.165, 1.54) is 12.8 Å². The van der Waals surface area contributed by atoms with Crippen molar-refractivity contribution in [2.75, 3.05) is 17.2 Å². The SMILES string of the molecule is CCCN(c1nc(N)nc2nc[nH]c12)C1CC1. The largest absolute Gasteiger partial charge is 0.368 e. The summed E-state index contributed by atoms with van der Waals surface area (Å²) in [6.45, 7) is 3.17. The van der Waals surface area contributed by atoms with Crippen LogP contribution in [0.2, 0.25) is 0 Å². The van der Waals surface area contributed by atoms with Crippen molar-refractivity contribution in [2.24, 2.45) is 0 Å². The third-order valence-electron chi connectivity index (χ3n) is 3.01. The van der Waals surface area contributed by atoms with E-state index in [1.54, 1.807) is 6.33 Å². The Morgan fingerprint density at radius 2 is 2.29 bits per heavy atom. The molecule has 0 unspecified atom stereocenters. The minimum Gasteiger partial charge on any atom is -0.368 e. The van der Waals surface area contributed by atoms with Gasteiger partial charge in [-0.25, -0.2) is 4.98 Å². The molecule has 1 aliphatic rings. The van der Waals surface area contributed by atoms with Crippen LogP contribution in [0.4, 0.5) is 11.8 Å². The van der Waals surface area contributed by atoms with Gasteiger partial charge < -0.3 is 15.6 Å². The highest BCUT2D eigenvalue weighted by atomic mass is 15.3. The number of aromatic nitrogens is 4. The number of nitrogens with two attached hydrogens (primary N) is 1. The molecular weight excluding hydrogens is 216 g/mol. The van der Waals surface area contributed by atoms with Gasteiger partial charge in [-0.3, -0.25) is 0 Å². The summed E-state index contributed by atoms with van der Waals surface area (Å²) in [7, 11) is 0. The molecule has 0 bridgehead atoms. The fourth-order valence-corrected chi connectivity index (χ4v) is 2.13. The number of aromatic amines is 1. The van der Waals surface area contributed by atoms with Crippen LogP contribution in [0.15, 0.2) is 6.33 Å². The van der Waals surface area contributed by atoms with Crippen LogP contribution in [0.5, 0.6) is 0 Å². The highest BCUT2D eigenvalue weighted by molar-refractivity contribution is 5.84. The highest BCUT2D eigenvalue weighted by Gasteiger charge is 2.31. The molecule has 3 rings (SSSR count). The van der Waals surface area contributed by atoms with Crippen LogP contribution in [0.1, 0.15) is 26.2 Å². The van der Waals surface area contributed by atoms with E-state index < -0.39 is 0 Å². The molecule has 2 aromatic rings. The lowest BCUT2D eigenvalue weighted by Gasteiger charge is -2.23. The molecular formula is C11H16N6. The van der Waals surface area contributed by atoms with Crippen molar-refractivity contribution in [3.05, 3.63) is 6.33 Å². The Balaban J connectivity index is 2.09. The van der Waals surface area contributed by atoms with Gasteiger partial charge in [-0.1, -0.05) is 6.92 Å². The van der Waals surface area contributed by atoms with Crippen molar-refractivity contribution in [2.45, 2.75) is 32.2 Å². The van der Waals surface area contributed by atoms with Crippen LogP contribution in [-0.2, 0) is 0 Å². The Hall–Kier alpha value is -1.85. The molecule has 0 aromatic carbocycles. The summed E-state index contributed by atoms with van der Waals surface area (Å²) < 4.78 is 0. The first kappa shape index (κ1) is 10.3. The summed E-state index contributed by atoms with van der Waals surface area (Å²) in [5.74, 6) is 1.19. The summed E-state index contributed by atoms with van der Waals surface area (Å²) in [6, 6.07) is 0.607. The van der Waals surface area contributed by atoms with Gasteiger partial charge in [-0.05, 0) is 19.3 Å². The first-order valence-corrected chi connectivity index (χ1v) is 6.03. The lowest BCUT2D eigenvalue weighted by Crippen LogP contribution is -2.28. The van der Waals surface area contributed by atoms with E-state index in [0.29, 0.717) is 17.6 Å². The maximum absolute atomic E-state index is 5.74. The van der Waals surface area contributed by atoms with Crippen molar-refractivity contribution in [1.29, 1.82) is 0 Å².